The number of anilines is 3. The average molecular weight is 828 g/mol. The van der Waals surface area contributed by atoms with Gasteiger partial charge in [0.25, 0.3) is 0 Å². The molecule has 13 rings (SSSR count). The second-order valence-electron chi connectivity index (χ2n) is 18.3. The molecule has 0 N–H and O–H groups in total. The SMILES string of the molecule is CC1(C)c2ccccc2-c2ccc(N(c3ccc(-c4ccccc4-c4ccccc4)cc3)c3cccc4c3-c3ccccc3C43c4ccccc4-c4c(-c5ccccc5)cccc43)cc21. The second kappa shape index (κ2) is 14.3. The molecule has 0 saturated carbocycles. The Morgan fingerprint density at radius 2 is 0.708 bits per heavy atom. The van der Waals surface area contributed by atoms with Crippen molar-refractivity contribution in [1.82, 2.24) is 0 Å². The summed E-state index contributed by atoms with van der Waals surface area (Å²) < 4.78 is 0. The molecule has 3 aliphatic rings. The quantitative estimate of drug-likeness (QED) is 0.161. The van der Waals surface area contributed by atoms with E-state index in [0.29, 0.717) is 0 Å². The van der Waals surface area contributed by atoms with Crippen LogP contribution in [-0.4, -0.2) is 0 Å². The summed E-state index contributed by atoms with van der Waals surface area (Å²) in [5.41, 5.74) is 26.0. The summed E-state index contributed by atoms with van der Waals surface area (Å²) in [4.78, 5) is 2.53. The van der Waals surface area contributed by atoms with Gasteiger partial charge < -0.3 is 4.90 Å². The van der Waals surface area contributed by atoms with E-state index in [-0.39, 0.29) is 5.41 Å². The minimum atomic E-state index is -0.503. The van der Waals surface area contributed by atoms with Crippen LogP contribution in [0.5, 0.6) is 0 Å². The largest absolute Gasteiger partial charge is 0.310 e. The van der Waals surface area contributed by atoms with Gasteiger partial charge in [-0.2, -0.15) is 0 Å². The highest BCUT2D eigenvalue weighted by Crippen LogP contribution is 2.66. The van der Waals surface area contributed by atoms with Gasteiger partial charge in [0.05, 0.1) is 11.1 Å². The number of hydrogen-bond acceptors (Lipinski definition) is 1. The first-order valence-electron chi connectivity index (χ1n) is 22.8. The highest BCUT2D eigenvalue weighted by molar-refractivity contribution is 6.04. The van der Waals surface area contributed by atoms with Gasteiger partial charge in [-0.05, 0) is 125 Å². The predicted molar refractivity (Wildman–Crippen MR) is 271 cm³/mol. The number of rotatable bonds is 6. The number of hydrogen-bond donors (Lipinski definition) is 0. The summed E-state index contributed by atoms with van der Waals surface area (Å²) in [6.07, 6.45) is 0. The lowest BCUT2D eigenvalue weighted by molar-refractivity contribution is 0.660. The molecule has 0 aliphatic heterocycles. The van der Waals surface area contributed by atoms with Crippen molar-refractivity contribution >= 4 is 17.1 Å². The van der Waals surface area contributed by atoms with Crippen molar-refractivity contribution < 1.29 is 0 Å². The monoisotopic (exact) mass is 827 g/mol. The van der Waals surface area contributed by atoms with Gasteiger partial charge in [-0.1, -0.05) is 220 Å². The Morgan fingerprint density at radius 1 is 0.277 bits per heavy atom. The summed E-state index contributed by atoms with van der Waals surface area (Å²) in [5, 5.41) is 0. The second-order valence-corrected chi connectivity index (χ2v) is 18.3. The van der Waals surface area contributed by atoms with Crippen molar-refractivity contribution in [3.63, 3.8) is 0 Å². The molecule has 0 aromatic heterocycles. The lowest BCUT2D eigenvalue weighted by atomic mass is 9.70. The van der Waals surface area contributed by atoms with E-state index in [1.807, 2.05) is 0 Å². The molecule has 65 heavy (non-hydrogen) atoms. The molecule has 10 aromatic carbocycles. The molecule has 0 heterocycles. The maximum Gasteiger partial charge on any atom is 0.0726 e. The molecule has 0 saturated heterocycles. The van der Waals surface area contributed by atoms with Crippen molar-refractivity contribution in [3.8, 4) is 66.8 Å². The molecule has 0 radical (unpaired) electrons. The van der Waals surface area contributed by atoms with Crippen LogP contribution in [0.1, 0.15) is 47.2 Å². The van der Waals surface area contributed by atoms with Crippen LogP contribution in [-0.2, 0) is 10.8 Å². The van der Waals surface area contributed by atoms with Crippen LogP contribution in [0.4, 0.5) is 17.1 Å². The van der Waals surface area contributed by atoms with Gasteiger partial charge in [-0.15, -0.1) is 0 Å². The maximum atomic E-state index is 2.53. The number of fused-ring (bicyclic) bond motifs is 13. The molecule has 1 heteroatoms. The van der Waals surface area contributed by atoms with Gasteiger partial charge in [-0.25, -0.2) is 0 Å². The van der Waals surface area contributed by atoms with Crippen molar-refractivity contribution in [2.75, 3.05) is 4.90 Å². The van der Waals surface area contributed by atoms with Crippen molar-refractivity contribution in [2.45, 2.75) is 24.7 Å². The normalized spacial score (nSPS) is 15.4. The zero-order valence-corrected chi connectivity index (χ0v) is 36.5. The minimum absolute atomic E-state index is 0.151. The zero-order chi connectivity index (χ0) is 43.3. The smallest absolute Gasteiger partial charge is 0.0726 e. The minimum Gasteiger partial charge on any atom is -0.310 e. The first kappa shape index (κ1) is 37.5. The van der Waals surface area contributed by atoms with E-state index in [1.54, 1.807) is 0 Å². The Morgan fingerprint density at radius 3 is 1.35 bits per heavy atom. The molecule has 10 aromatic rings. The molecule has 306 valence electrons. The van der Waals surface area contributed by atoms with Gasteiger partial charge >= 0.3 is 0 Å². The molecule has 1 unspecified atom stereocenters. The van der Waals surface area contributed by atoms with Gasteiger partial charge in [0, 0.05) is 22.4 Å². The van der Waals surface area contributed by atoms with Crippen molar-refractivity contribution in [1.29, 1.82) is 0 Å². The van der Waals surface area contributed by atoms with Crippen LogP contribution in [0.3, 0.4) is 0 Å². The predicted octanol–water partition coefficient (Wildman–Crippen LogP) is 16.8. The Labute approximate surface area is 381 Å². The van der Waals surface area contributed by atoms with E-state index in [2.05, 4.69) is 255 Å². The molecule has 0 fully saturated rings. The van der Waals surface area contributed by atoms with E-state index < -0.39 is 5.41 Å². The fourth-order valence-corrected chi connectivity index (χ4v) is 11.9. The Balaban J connectivity index is 1.06. The standard InChI is InChI=1S/C64H45N/c1-63(2)54-29-14-11-25-50(54)51-40-39-46(41-59(51)63)65(45-37-35-44(36-38-45)48-24-10-9-23-47(48)42-19-5-3-6-20-42)60-34-18-33-58-62(60)53-27-13-16-31-56(53)64(58)55-30-15-12-26-52(55)61-49(28-17-32-57(61)64)43-21-7-4-8-22-43/h3-41H,1-2H3. The Bertz CT molecular complexity index is 3510. The third kappa shape index (κ3) is 5.33. The first-order valence-corrected chi connectivity index (χ1v) is 22.8. The summed E-state index contributed by atoms with van der Waals surface area (Å²) in [7, 11) is 0. The Kier molecular flexibility index (Phi) is 8.24. The highest BCUT2D eigenvalue weighted by Gasteiger charge is 2.53. The topological polar surface area (TPSA) is 3.24 Å². The van der Waals surface area contributed by atoms with Crippen LogP contribution in [0.25, 0.3) is 66.8 Å². The van der Waals surface area contributed by atoms with Crippen LogP contribution < -0.4 is 4.90 Å². The summed E-state index contributed by atoms with van der Waals surface area (Å²) in [6.45, 7) is 4.76. The number of benzene rings is 10. The third-order valence-electron chi connectivity index (χ3n) is 14.7. The highest BCUT2D eigenvalue weighted by atomic mass is 15.1. The van der Waals surface area contributed by atoms with E-state index in [0.717, 1.165) is 11.4 Å². The van der Waals surface area contributed by atoms with Gasteiger partial charge in [0.2, 0.25) is 0 Å². The van der Waals surface area contributed by atoms with Gasteiger partial charge in [0.15, 0.2) is 0 Å². The summed E-state index contributed by atoms with van der Waals surface area (Å²) >= 11 is 0. The molecule has 1 atom stereocenters. The van der Waals surface area contributed by atoms with Crippen LogP contribution in [0, 0.1) is 0 Å². The average Bonchev–Trinajstić information content (AvgIpc) is 3.94. The van der Waals surface area contributed by atoms with E-state index in [1.165, 1.54) is 106 Å². The van der Waals surface area contributed by atoms with Crippen molar-refractivity contribution in [3.05, 3.63) is 270 Å². The fraction of sp³-hybridized carbons (Fsp3) is 0.0625. The van der Waals surface area contributed by atoms with Crippen LogP contribution >= 0.6 is 0 Å². The van der Waals surface area contributed by atoms with Crippen molar-refractivity contribution in [2.24, 2.45) is 0 Å². The van der Waals surface area contributed by atoms with Gasteiger partial charge in [0.1, 0.15) is 0 Å². The molecular formula is C64H45N. The third-order valence-corrected chi connectivity index (χ3v) is 14.7. The van der Waals surface area contributed by atoms with E-state index in [4.69, 9.17) is 0 Å². The molecule has 0 amide bonds. The lowest BCUT2D eigenvalue weighted by Crippen LogP contribution is -2.26. The molecule has 1 spiro atoms. The molecule has 0 bridgehead atoms. The van der Waals surface area contributed by atoms with E-state index >= 15 is 0 Å². The Hall–Kier alpha value is -8.00. The maximum absolute atomic E-state index is 2.53. The first-order chi connectivity index (χ1) is 32.0. The molecular weight excluding hydrogens is 783 g/mol. The zero-order valence-electron chi connectivity index (χ0n) is 36.5. The number of nitrogens with zero attached hydrogens (tertiary/aromatic N) is 1. The van der Waals surface area contributed by atoms with Gasteiger partial charge in [-0.3, -0.25) is 0 Å². The lowest BCUT2D eigenvalue weighted by Gasteiger charge is -2.32. The van der Waals surface area contributed by atoms with E-state index in [9.17, 15) is 0 Å². The summed E-state index contributed by atoms with van der Waals surface area (Å²) in [5.74, 6) is 0. The van der Waals surface area contributed by atoms with Crippen LogP contribution in [0.2, 0.25) is 0 Å². The fourth-order valence-electron chi connectivity index (χ4n) is 11.9. The molecule has 1 nitrogen and oxygen atoms in total. The summed E-state index contributed by atoms with van der Waals surface area (Å²) in [6, 6.07) is 88.2. The van der Waals surface area contributed by atoms with Crippen LogP contribution in [0.15, 0.2) is 237 Å². The molecule has 3 aliphatic carbocycles.